The summed E-state index contributed by atoms with van der Waals surface area (Å²) in [6.45, 7) is 0.553. The van der Waals surface area contributed by atoms with Crippen LogP contribution in [0.3, 0.4) is 0 Å². The number of hydrogen-bond donors (Lipinski definition) is 0. The summed E-state index contributed by atoms with van der Waals surface area (Å²) in [5.41, 5.74) is 1.10. The molecule has 0 aliphatic carbocycles. The van der Waals surface area contributed by atoms with E-state index in [2.05, 4.69) is 22.6 Å². The fourth-order valence-electron chi connectivity index (χ4n) is 1.46. The first-order chi connectivity index (χ1) is 8.28. The Morgan fingerprint density at radius 2 is 1.76 bits per heavy atom. The molecule has 88 valence electrons. The van der Waals surface area contributed by atoms with Crippen molar-refractivity contribution in [3.05, 3.63) is 57.7 Å². The molecule has 0 aliphatic heterocycles. The molecule has 0 aromatic heterocycles. The molecule has 2 aromatic carbocycles. The number of rotatable bonds is 4. The van der Waals surface area contributed by atoms with Gasteiger partial charge in [-0.25, -0.2) is 0 Å². The number of ether oxygens (including phenoxy) is 2. The van der Waals surface area contributed by atoms with Crippen LogP contribution in [0.15, 0.2) is 48.5 Å². The first-order valence-electron chi connectivity index (χ1n) is 5.29. The van der Waals surface area contributed by atoms with Crippen LogP contribution in [0.4, 0.5) is 0 Å². The van der Waals surface area contributed by atoms with Gasteiger partial charge in [-0.1, -0.05) is 12.1 Å². The Balaban J connectivity index is 1.99. The van der Waals surface area contributed by atoms with Gasteiger partial charge in [0.25, 0.3) is 0 Å². The van der Waals surface area contributed by atoms with Crippen LogP contribution in [0.25, 0.3) is 0 Å². The van der Waals surface area contributed by atoms with Crippen molar-refractivity contribution in [3.63, 3.8) is 0 Å². The van der Waals surface area contributed by atoms with Crippen LogP contribution in [-0.4, -0.2) is 7.11 Å². The van der Waals surface area contributed by atoms with Crippen LogP contribution < -0.4 is 9.47 Å². The van der Waals surface area contributed by atoms with Crippen molar-refractivity contribution in [2.45, 2.75) is 6.61 Å². The van der Waals surface area contributed by atoms with E-state index in [0.717, 1.165) is 17.1 Å². The summed E-state index contributed by atoms with van der Waals surface area (Å²) in [7, 11) is 1.67. The van der Waals surface area contributed by atoms with E-state index in [1.54, 1.807) is 7.11 Å². The zero-order valence-corrected chi connectivity index (χ0v) is 11.7. The predicted molar refractivity (Wildman–Crippen MR) is 76.5 cm³/mol. The molecule has 0 amide bonds. The second-order valence-electron chi connectivity index (χ2n) is 3.59. The molecular weight excluding hydrogens is 327 g/mol. The summed E-state index contributed by atoms with van der Waals surface area (Å²) in [5.74, 6) is 1.74. The van der Waals surface area contributed by atoms with Gasteiger partial charge in [0.2, 0.25) is 0 Å². The highest BCUT2D eigenvalue weighted by atomic mass is 127. The largest absolute Gasteiger partial charge is 0.497 e. The number of halogens is 1. The van der Waals surface area contributed by atoms with E-state index < -0.39 is 0 Å². The van der Waals surface area contributed by atoms with E-state index in [0.29, 0.717) is 6.61 Å². The fraction of sp³-hybridized carbons (Fsp3) is 0.143. The Hall–Kier alpha value is -1.23. The Kier molecular flexibility index (Phi) is 4.25. The lowest BCUT2D eigenvalue weighted by Crippen LogP contribution is -1.95. The van der Waals surface area contributed by atoms with Gasteiger partial charge < -0.3 is 9.47 Å². The van der Waals surface area contributed by atoms with E-state index in [-0.39, 0.29) is 0 Å². The second-order valence-corrected chi connectivity index (χ2v) is 4.84. The van der Waals surface area contributed by atoms with E-state index in [1.807, 2.05) is 48.5 Å². The van der Waals surface area contributed by atoms with Gasteiger partial charge in [0, 0.05) is 3.57 Å². The zero-order chi connectivity index (χ0) is 12.1. The molecule has 0 heterocycles. The third-order valence-electron chi connectivity index (χ3n) is 2.35. The predicted octanol–water partition coefficient (Wildman–Crippen LogP) is 3.88. The van der Waals surface area contributed by atoms with E-state index in [1.165, 1.54) is 3.57 Å². The highest BCUT2D eigenvalue weighted by Crippen LogP contribution is 2.17. The van der Waals surface area contributed by atoms with Gasteiger partial charge in [-0.3, -0.25) is 0 Å². The molecule has 0 saturated heterocycles. The van der Waals surface area contributed by atoms with Gasteiger partial charge in [-0.15, -0.1) is 0 Å². The van der Waals surface area contributed by atoms with Crippen molar-refractivity contribution in [2.75, 3.05) is 7.11 Å². The number of methoxy groups -OCH3 is 1. The van der Waals surface area contributed by atoms with Crippen LogP contribution >= 0.6 is 22.6 Å². The smallest absolute Gasteiger partial charge is 0.119 e. The normalized spacial score (nSPS) is 10.0. The quantitative estimate of drug-likeness (QED) is 0.787. The van der Waals surface area contributed by atoms with Gasteiger partial charge in [-0.2, -0.15) is 0 Å². The highest BCUT2D eigenvalue weighted by molar-refractivity contribution is 14.1. The average Bonchev–Trinajstić information content (AvgIpc) is 2.38. The van der Waals surface area contributed by atoms with Crippen molar-refractivity contribution in [2.24, 2.45) is 0 Å². The minimum atomic E-state index is 0.553. The van der Waals surface area contributed by atoms with Gasteiger partial charge in [-0.05, 0) is 64.6 Å². The lowest BCUT2D eigenvalue weighted by Gasteiger charge is -2.07. The molecule has 17 heavy (non-hydrogen) atoms. The van der Waals surface area contributed by atoms with Gasteiger partial charge in [0.15, 0.2) is 0 Å². The Morgan fingerprint density at radius 1 is 1.00 bits per heavy atom. The van der Waals surface area contributed by atoms with Crippen molar-refractivity contribution in [3.8, 4) is 11.5 Å². The molecule has 0 unspecified atom stereocenters. The first-order valence-corrected chi connectivity index (χ1v) is 6.37. The lowest BCUT2D eigenvalue weighted by molar-refractivity contribution is 0.305. The van der Waals surface area contributed by atoms with Crippen LogP contribution in [0.5, 0.6) is 11.5 Å². The monoisotopic (exact) mass is 340 g/mol. The van der Waals surface area contributed by atoms with Gasteiger partial charge >= 0.3 is 0 Å². The fourth-order valence-corrected chi connectivity index (χ4v) is 1.82. The Bertz CT molecular complexity index is 480. The maximum absolute atomic E-state index is 5.69. The molecule has 2 aromatic rings. The molecule has 0 saturated carbocycles. The summed E-state index contributed by atoms with van der Waals surface area (Å²) in [5, 5.41) is 0. The van der Waals surface area contributed by atoms with Crippen LogP contribution in [0.1, 0.15) is 5.56 Å². The van der Waals surface area contributed by atoms with E-state index in [9.17, 15) is 0 Å². The summed E-state index contributed by atoms with van der Waals surface area (Å²) in [6, 6.07) is 15.9. The zero-order valence-electron chi connectivity index (χ0n) is 9.52. The molecule has 0 fully saturated rings. The number of hydrogen-bond acceptors (Lipinski definition) is 2. The maximum Gasteiger partial charge on any atom is 0.119 e. The van der Waals surface area contributed by atoms with Gasteiger partial charge in [0.1, 0.15) is 18.1 Å². The summed E-state index contributed by atoms with van der Waals surface area (Å²) >= 11 is 2.27. The summed E-state index contributed by atoms with van der Waals surface area (Å²) in [4.78, 5) is 0. The minimum Gasteiger partial charge on any atom is -0.497 e. The van der Waals surface area contributed by atoms with Crippen LogP contribution in [-0.2, 0) is 6.61 Å². The summed E-state index contributed by atoms with van der Waals surface area (Å²) in [6.07, 6.45) is 0. The molecule has 0 spiro atoms. The van der Waals surface area contributed by atoms with Crippen LogP contribution in [0.2, 0.25) is 0 Å². The Labute approximate surface area is 115 Å². The topological polar surface area (TPSA) is 18.5 Å². The summed E-state index contributed by atoms with van der Waals surface area (Å²) < 4.78 is 12.1. The van der Waals surface area contributed by atoms with Crippen molar-refractivity contribution in [1.82, 2.24) is 0 Å². The molecule has 0 N–H and O–H groups in total. The minimum absolute atomic E-state index is 0.553. The van der Waals surface area contributed by atoms with E-state index >= 15 is 0 Å². The molecule has 0 atom stereocenters. The molecule has 2 rings (SSSR count). The maximum atomic E-state index is 5.69. The Morgan fingerprint density at radius 3 is 2.47 bits per heavy atom. The molecule has 3 heteroatoms. The van der Waals surface area contributed by atoms with Crippen molar-refractivity contribution in [1.29, 1.82) is 0 Å². The molecular formula is C14H13IO2. The standard InChI is InChI=1S/C14H13IO2/c1-16-14-4-2-3-11(9-14)10-17-13-7-5-12(15)6-8-13/h2-9H,10H2,1H3. The van der Waals surface area contributed by atoms with E-state index in [4.69, 9.17) is 9.47 Å². The van der Waals surface area contributed by atoms with Crippen molar-refractivity contribution >= 4 is 22.6 Å². The molecule has 0 aliphatic rings. The molecule has 0 radical (unpaired) electrons. The lowest BCUT2D eigenvalue weighted by atomic mass is 10.2. The first kappa shape index (κ1) is 12.2. The SMILES string of the molecule is COc1cccc(COc2ccc(I)cc2)c1. The highest BCUT2D eigenvalue weighted by Gasteiger charge is 1.98. The second kappa shape index (κ2) is 5.91. The number of benzene rings is 2. The van der Waals surface area contributed by atoms with Gasteiger partial charge in [0.05, 0.1) is 7.11 Å². The van der Waals surface area contributed by atoms with Crippen LogP contribution in [0, 0.1) is 3.57 Å². The molecule has 0 bridgehead atoms. The van der Waals surface area contributed by atoms with Crippen molar-refractivity contribution < 1.29 is 9.47 Å². The third kappa shape index (κ3) is 3.63. The molecule has 2 nitrogen and oxygen atoms in total. The third-order valence-corrected chi connectivity index (χ3v) is 3.07. The average molecular weight is 340 g/mol.